The third kappa shape index (κ3) is 3.13. The van der Waals surface area contributed by atoms with Gasteiger partial charge in [0.1, 0.15) is 12.7 Å². The summed E-state index contributed by atoms with van der Waals surface area (Å²) in [6.45, 7) is -0.252. The van der Waals surface area contributed by atoms with Crippen LogP contribution in [0.25, 0.3) is 10.9 Å². The van der Waals surface area contributed by atoms with Gasteiger partial charge in [-0.05, 0) is 41.8 Å². The number of carbonyl (C=O) groups excluding carboxylic acids is 3. The van der Waals surface area contributed by atoms with Crippen molar-refractivity contribution in [3.63, 3.8) is 0 Å². The van der Waals surface area contributed by atoms with Crippen LogP contribution in [-0.4, -0.2) is 48.4 Å². The molecule has 2 N–H and O–H groups in total. The number of nitrogens with one attached hydrogen (secondary N) is 2. The molecule has 0 saturated carbocycles. The first-order chi connectivity index (χ1) is 17.5. The molecule has 2 aliphatic rings. The minimum atomic E-state index is -0.800. The van der Waals surface area contributed by atoms with E-state index in [1.165, 1.54) is 19.1 Å². The van der Waals surface area contributed by atoms with Crippen LogP contribution in [-0.2, 0) is 4.79 Å². The van der Waals surface area contributed by atoms with Crippen LogP contribution in [0.4, 0.5) is 11.4 Å². The van der Waals surface area contributed by atoms with Crippen molar-refractivity contribution < 1.29 is 23.9 Å². The van der Waals surface area contributed by atoms with Gasteiger partial charge in [0.05, 0.1) is 31.0 Å². The summed E-state index contributed by atoms with van der Waals surface area (Å²) in [5.41, 5.74) is 3.21. The van der Waals surface area contributed by atoms with Gasteiger partial charge in [0, 0.05) is 23.0 Å². The number of aromatic amines is 1. The quantitative estimate of drug-likeness (QED) is 0.449. The lowest BCUT2D eigenvalue weighted by molar-refractivity contribution is -0.117. The van der Waals surface area contributed by atoms with Crippen molar-refractivity contribution >= 4 is 40.0 Å². The molecule has 3 heterocycles. The predicted octanol–water partition coefficient (Wildman–Crippen LogP) is 3.94. The Hall–Kier alpha value is -4.79. The Morgan fingerprint density at radius 3 is 2.64 bits per heavy atom. The highest BCUT2D eigenvalue weighted by atomic mass is 16.5. The molecule has 36 heavy (non-hydrogen) atoms. The highest BCUT2D eigenvalue weighted by molar-refractivity contribution is 6.18. The molecule has 4 aromatic rings. The van der Waals surface area contributed by atoms with Crippen molar-refractivity contribution in [2.45, 2.75) is 6.17 Å². The summed E-state index contributed by atoms with van der Waals surface area (Å²) in [4.78, 5) is 46.6. The average molecular weight is 482 g/mol. The largest absolute Gasteiger partial charge is 0.493 e. The Labute approximate surface area is 206 Å². The summed E-state index contributed by atoms with van der Waals surface area (Å²) in [5, 5.41) is 3.90. The lowest BCUT2D eigenvalue weighted by Crippen LogP contribution is -2.50. The number of carbonyl (C=O) groups is 3. The molecule has 0 aliphatic carbocycles. The highest BCUT2D eigenvalue weighted by Gasteiger charge is 2.50. The number of hydrogen-bond acceptors (Lipinski definition) is 5. The number of anilines is 2. The monoisotopic (exact) mass is 482 g/mol. The van der Waals surface area contributed by atoms with Gasteiger partial charge in [-0.15, -0.1) is 0 Å². The third-order valence-corrected chi connectivity index (χ3v) is 6.64. The van der Waals surface area contributed by atoms with Crippen molar-refractivity contribution in [2.24, 2.45) is 0 Å². The molecule has 9 heteroatoms. The Kier molecular flexibility index (Phi) is 4.92. The molecule has 3 amide bonds. The molecule has 180 valence electrons. The number of hydrogen-bond donors (Lipinski definition) is 2. The average Bonchev–Trinajstić information content (AvgIpc) is 3.48. The van der Waals surface area contributed by atoms with Gasteiger partial charge in [-0.25, -0.2) is 0 Å². The van der Waals surface area contributed by atoms with Crippen LogP contribution in [0.1, 0.15) is 32.4 Å². The van der Waals surface area contributed by atoms with E-state index in [0.717, 1.165) is 10.9 Å². The van der Waals surface area contributed by atoms with E-state index in [1.807, 2.05) is 24.4 Å². The summed E-state index contributed by atoms with van der Waals surface area (Å²) < 4.78 is 10.9. The molecule has 0 bridgehead atoms. The molecule has 9 nitrogen and oxygen atoms in total. The van der Waals surface area contributed by atoms with Gasteiger partial charge in [0.15, 0.2) is 11.5 Å². The maximum atomic E-state index is 13.7. The van der Waals surface area contributed by atoms with E-state index < -0.39 is 6.17 Å². The summed E-state index contributed by atoms with van der Waals surface area (Å²) in [5.74, 6) is -0.337. The minimum absolute atomic E-state index is 0.252. The lowest BCUT2D eigenvalue weighted by atomic mass is 10.0. The molecule has 0 fully saturated rings. The Bertz CT molecular complexity index is 1560. The molecule has 1 unspecified atom stereocenters. The van der Waals surface area contributed by atoms with E-state index in [4.69, 9.17) is 9.47 Å². The van der Waals surface area contributed by atoms with E-state index >= 15 is 0 Å². The van der Waals surface area contributed by atoms with E-state index in [1.54, 1.807) is 47.4 Å². The number of benzene rings is 3. The Balaban J connectivity index is 1.40. The van der Waals surface area contributed by atoms with Crippen molar-refractivity contribution in [1.82, 2.24) is 9.88 Å². The van der Waals surface area contributed by atoms with Gasteiger partial charge in [-0.1, -0.05) is 24.3 Å². The second kappa shape index (κ2) is 8.16. The van der Waals surface area contributed by atoms with Crippen LogP contribution in [0.15, 0.2) is 66.9 Å². The summed E-state index contributed by atoms with van der Waals surface area (Å²) in [7, 11) is 2.96. The molecule has 3 aromatic carbocycles. The summed E-state index contributed by atoms with van der Waals surface area (Å²) in [6, 6.07) is 17.8. The number of ether oxygens (including phenoxy) is 2. The summed E-state index contributed by atoms with van der Waals surface area (Å²) in [6.07, 6.45) is 1.03. The number of H-pyrrole nitrogens is 1. The van der Waals surface area contributed by atoms with E-state index in [-0.39, 0.29) is 24.3 Å². The Morgan fingerprint density at radius 2 is 1.83 bits per heavy atom. The van der Waals surface area contributed by atoms with Crippen molar-refractivity contribution in [1.29, 1.82) is 0 Å². The zero-order valence-corrected chi connectivity index (χ0v) is 19.6. The van der Waals surface area contributed by atoms with Crippen molar-refractivity contribution in [2.75, 3.05) is 31.0 Å². The number of amides is 3. The number of rotatable bonds is 5. The molecule has 0 spiro atoms. The molecular formula is C27H22N4O5. The molecular weight excluding hydrogens is 460 g/mol. The van der Waals surface area contributed by atoms with Crippen LogP contribution in [0.3, 0.4) is 0 Å². The third-order valence-electron chi connectivity index (χ3n) is 6.64. The van der Waals surface area contributed by atoms with Gasteiger partial charge in [0.25, 0.3) is 11.8 Å². The smallest absolute Gasteiger partial charge is 0.264 e. The topological polar surface area (TPSA) is 104 Å². The van der Waals surface area contributed by atoms with Crippen LogP contribution >= 0.6 is 0 Å². The van der Waals surface area contributed by atoms with Crippen LogP contribution < -0.4 is 19.7 Å². The van der Waals surface area contributed by atoms with Gasteiger partial charge < -0.3 is 24.7 Å². The van der Waals surface area contributed by atoms with E-state index in [2.05, 4.69) is 10.3 Å². The first kappa shape index (κ1) is 21.7. The molecule has 6 rings (SSSR count). The lowest BCUT2D eigenvalue weighted by Gasteiger charge is -2.40. The maximum Gasteiger partial charge on any atom is 0.264 e. The molecule has 1 atom stereocenters. The second-order valence-electron chi connectivity index (χ2n) is 8.59. The zero-order valence-electron chi connectivity index (χ0n) is 19.6. The number of methoxy groups -OCH3 is 2. The van der Waals surface area contributed by atoms with Gasteiger partial charge in [-0.3, -0.25) is 19.3 Å². The maximum absolute atomic E-state index is 13.7. The minimum Gasteiger partial charge on any atom is -0.493 e. The number of aromatic nitrogens is 1. The first-order valence-electron chi connectivity index (χ1n) is 11.4. The van der Waals surface area contributed by atoms with Crippen LogP contribution in [0.5, 0.6) is 11.5 Å². The number of fused-ring (bicyclic) bond motifs is 6. The molecule has 0 radical (unpaired) electrons. The fourth-order valence-electron chi connectivity index (χ4n) is 5.07. The number of para-hydroxylation sites is 1. The van der Waals surface area contributed by atoms with Crippen molar-refractivity contribution in [3.05, 3.63) is 83.6 Å². The zero-order chi connectivity index (χ0) is 25.0. The first-order valence-corrected chi connectivity index (χ1v) is 11.4. The van der Waals surface area contributed by atoms with E-state index in [0.29, 0.717) is 39.6 Å². The SMILES string of the molecule is COc1ccc2c(c1OC)C(=O)N1c3ccccc3C(=O)N(CC(=O)Nc3ccc4cc[nH]c4c3)C21. The summed E-state index contributed by atoms with van der Waals surface area (Å²) >= 11 is 0. The van der Waals surface area contributed by atoms with E-state index in [9.17, 15) is 14.4 Å². The van der Waals surface area contributed by atoms with Gasteiger partial charge in [0.2, 0.25) is 5.91 Å². The van der Waals surface area contributed by atoms with Gasteiger partial charge >= 0.3 is 0 Å². The van der Waals surface area contributed by atoms with Crippen LogP contribution in [0, 0.1) is 0 Å². The second-order valence-corrected chi connectivity index (χ2v) is 8.59. The standard InChI is InChI=1S/C27H22N4O5/c1-35-21-10-9-18-23(24(21)36-2)27(34)31-20-6-4-3-5-17(20)26(33)30(25(18)31)14-22(32)29-16-8-7-15-11-12-28-19(15)13-16/h3-13,25,28H,14H2,1-2H3,(H,29,32). The predicted molar refractivity (Wildman–Crippen MR) is 134 cm³/mol. The highest BCUT2D eigenvalue weighted by Crippen LogP contribution is 2.49. The fourth-order valence-corrected chi connectivity index (χ4v) is 5.07. The normalized spacial score (nSPS) is 16.0. The van der Waals surface area contributed by atoms with Gasteiger partial charge in [-0.2, -0.15) is 0 Å². The Morgan fingerprint density at radius 1 is 1.00 bits per heavy atom. The van der Waals surface area contributed by atoms with Crippen molar-refractivity contribution in [3.8, 4) is 11.5 Å². The number of nitrogens with zero attached hydrogens (tertiary/aromatic N) is 2. The molecule has 2 aliphatic heterocycles. The van der Waals surface area contributed by atoms with Crippen LogP contribution in [0.2, 0.25) is 0 Å². The molecule has 1 aromatic heterocycles. The molecule has 0 saturated heterocycles. The fraction of sp³-hybridized carbons (Fsp3) is 0.148.